The largest absolute Gasteiger partial charge is 0.375 e. The first-order valence-electron chi connectivity index (χ1n) is 7.44. The second-order valence-corrected chi connectivity index (χ2v) is 6.74. The Bertz CT molecular complexity index is 348. The minimum absolute atomic E-state index is 0.0736. The summed E-state index contributed by atoms with van der Waals surface area (Å²) in [7, 11) is 0. The molecule has 1 aliphatic carbocycles. The van der Waals surface area contributed by atoms with Crippen LogP contribution >= 0.6 is 0 Å². The van der Waals surface area contributed by atoms with Crippen LogP contribution in [0.2, 0.25) is 0 Å². The lowest BCUT2D eigenvalue weighted by atomic mass is 9.73. The Morgan fingerprint density at radius 1 is 1.22 bits per heavy atom. The second kappa shape index (κ2) is 4.51. The van der Waals surface area contributed by atoms with E-state index in [-0.39, 0.29) is 11.0 Å². The molecule has 1 unspecified atom stereocenters. The van der Waals surface area contributed by atoms with Crippen LogP contribution in [0.1, 0.15) is 51.9 Å². The first-order chi connectivity index (χ1) is 8.65. The van der Waals surface area contributed by atoms with E-state index in [1.165, 1.54) is 32.1 Å². The Balaban J connectivity index is 1.58. The zero-order chi connectivity index (χ0) is 12.6. The van der Waals surface area contributed by atoms with Gasteiger partial charge in [-0.05, 0) is 65.0 Å². The highest BCUT2D eigenvalue weighted by Gasteiger charge is 2.44. The van der Waals surface area contributed by atoms with E-state index in [1.807, 2.05) is 0 Å². The van der Waals surface area contributed by atoms with Crippen LogP contribution in [0.25, 0.3) is 0 Å². The first-order valence-corrected chi connectivity index (χ1v) is 7.44. The molecule has 3 nitrogen and oxygen atoms in total. The van der Waals surface area contributed by atoms with E-state index < -0.39 is 0 Å². The Kier molecular flexibility index (Phi) is 3.11. The van der Waals surface area contributed by atoms with Crippen molar-refractivity contribution in [3.05, 3.63) is 0 Å². The Morgan fingerprint density at radius 3 is 2.50 bits per heavy atom. The van der Waals surface area contributed by atoms with Gasteiger partial charge in [0.25, 0.3) is 0 Å². The molecule has 1 spiro atoms. The average Bonchev–Trinajstić information content (AvgIpc) is 2.38. The monoisotopic (exact) mass is 248 g/mol. The highest BCUT2D eigenvalue weighted by atomic mass is 16.5. The summed E-state index contributed by atoms with van der Waals surface area (Å²) >= 11 is 0. The van der Waals surface area contributed by atoms with Crippen LogP contribution in [0.4, 0.5) is 0 Å². The molecule has 0 N–H and O–H groups in total. The molecule has 1 atom stereocenters. The molecule has 0 bridgehead atoms. The molecular weight excluding hydrogens is 224 g/mol. The molecule has 0 radical (unpaired) electrons. The maximum atomic E-state index is 9.19. The van der Waals surface area contributed by atoms with E-state index >= 15 is 0 Å². The molecule has 100 valence electrons. The maximum Gasteiger partial charge on any atom is 0.0697 e. The number of ether oxygens (including phenoxy) is 1. The molecular formula is C15H24N2O. The fourth-order valence-electron chi connectivity index (χ4n) is 3.73. The van der Waals surface area contributed by atoms with Gasteiger partial charge >= 0.3 is 0 Å². The Labute approximate surface area is 110 Å². The van der Waals surface area contributed by atoms with Gasteiger partial charge in [0.05, 0.1) is 17.1 Å². The predicted molar refractivity (Wildman–Crippen MR) is 70.1 cm³/mol. The van der Waals surface area contributed by atoms with Gasteiger partial charge in [-0.15, -0.1) is 0 Å². The van der Waals surface area contributed by atoms with Crippen LogP contribution in [0.5, 0.6) is 0 Å². The maximum absolute atomic E-state index is 9.19. The van der Waals surface area contributed by atoms with Crippen molar-refractivity contribution in [2.75, 3.05) is 19.7 Å². The third-order valence-corrected chi connectivity index (χ3v) is 5.42. The summed E-state index contributed by atoms with van der Waals surface area (Å²) in [5.41, 5.74) is 0.175. The third-order valence-electron chi connectivity index (χ3n) is 5.42. The molecule has 2 saturated heterocycles. The van der Waals surface area contributed by atoms with Crippen molar-refractivity contribution >= 4 is 0 Å². The smallest absolute Gasteiger partial charge is 0.0697 e. The highest BCUT2D eigenvalue weighted by Crippen LogP contribution is 2.44. The lowest BCUT2D eigenvalue weighted by molar-refractivity contribution is -0.150. The molecule has 0 aromatic heterocycles. The topological polar surface area (TPSA) is 36.3 Å². The first kappa shape index (κ1) is 12.4. The molecule has 3 rings (SSSR count). The minimum atomic E-state index is -0.0736. The molecule has 1 saturated carbocycles. The van der Waals surface area contributed by atoms with Crippen molar-refractivity contribution in [3.63, 3.8) is 0 Å². The molecule has 2 aliphatic heterocycles. The van der Waals surface area contributed by atoms with Gasteiger partial charge in [-0.3, -0.25) is 0 Å². The standard InChI is InChI=1S/C15H24N2O/c1-14(12-16)6-8-17(9-7-14)13-3-10-18-15(11-13)4-2-5-15/h13H,2-11H2,1H3. The quantitative estimate of drug-likeness (QED) is 0.716. The van der Waals surface area contributed by atoms with Crippen LogP contribution in [-0.4, -0.2) is 36.2 Å². The van der Waals surface area contributed by atoms with Gasteiger partial charge in [0.1, 0.15) is 0 Å². The van der Waals surface area contributed by atoms with Crippen molar-refractivity contribution in [3.8, 4) is 6.07 Å². The molecule has 18 heavy (non-hydrogen) atoms. The molecule has 0 aromatic rings. The van der Waals surface area contributed by atoms with Gasteiger partial charge in [-0.25, -0.2) is 0 Å². The van der Waals surface area contributed by atoms with E-state index in [0.717, 1.165) is 32.5 Å². The van der Waals surface area contributed by atoms with E-state index in [9.17, 15) is 5.26 Å². The van der Waals surface area contributed by atoms with Crippen LogP contribution < -0.4 is 0 Å². The normalized spacial score (nSPS) is 34.8. The fraction of sp³-hybridized carbons (Fsp3) is 0.933. The third kappa shape index (κ3) is 2.17. The van der Waals surface area contributed by atoms with Crippen LogP contribution in [0.15, 0.2) is 0 Å². The van der Waals surface area contributed by atoms with Crippen molar-refractivity contribution in [2.24, 2.45) is 5.41 Å². The summed E-state index contributed by atoms with van der Waals surface area (Å²) in [5.74, 6) is 0. The summed E-state index contributed by atoms with van der Waals surface area (Å²) in [6.07, 6.45) is 8.38. The van der Waals surface area contributed by atoms with Crippen LogP contribution in [-0.2, 0) is 4.74 Å². The number of piperidine rings is 1. The van der Waals surface area contributed by atoms with Crippen molar-refractivity contribution in [2.45, 2.75) is 63.5 Å². The highest BCUT2D eigenvalue weighted by molar-refractivity contribution is 5.02. The summed E-state index contributed by atoms with van der Waals surface area (Å²) in [4.78, 5) is 2.63. The zero-order valence-corrected chi connectivity index (χ0v) is 11.5. The van der Waals surface area contributed by atoms with Crippen molar-refractivity contribution < 1.29 is 4.74 Å². The zero-order valence-electron chi connectivity index (χ0n) is 11.5. The molecule has 3 fully saturated rings. The SMILES string of the molecule is CC1(C#N)CCN(C2CCOC3(CCC3)C2)CC1. The predicted octanol–water partition coefficient (Wildman–Crippen LogP) is 2.71. The van der Waals surface area contributed by atoms with Crippen molar-refractivity contribution in [1.29, 1.82) is 5.26 Å². The van der Waals surface area contributed by atoms with Gasteiger partial charge in [-0.1, -0.05) is 0 Å². The molecule has 3 aliphatic rings. The minimum Gasteiger partial charge on any atom is -0.375 e. The van der Waals surface area contributed by atoms with Crippen LogP contribution in [0, 0.1) is 16.7 Å². The summed E-state index contributed by atoms with van der Waals surface area (Å²) in [6.45, 7) is 5.26. The average molecular weight is 248 g/mol. The summed E-state index contributed by atoms with van der Waals surface area (Å²) in [6, 6.07) is 3.20. The van der Waals surface area contributed by atoms with Gasteiger partial charge in [-0.2, -0.15) is 5.26 Å². The van der Waals surface area contributed by atoms with Gasteiger partial charge in [0.15, 0.2) is 0 Å². The summed E-state index contributed by atoms with van der Waals surface area (Å²) < 4.78 is 6.01. The molecule has 2 heterocycles. The summed E-state index contributed by atoms with van der Waals surface area (Å²) in [5, 5.41) is 9.19. The number of hydrogen-bond acceptors (Lipinski definition) is 3. The lowest BCUT2D eigenvalue weighted by Crippen LogP contribution is -2.54. The Morgan fingerprint density at radius 2 is 1.94 bits per heavy atom. The van der Waals surface area contributed by atoms with E-state index in [0.29, 0.717) is 6.04 Å². The van der Waals surface area contributed by atoms with Gasteiger partial charge in [0.2, 0.25) is 0 Å². The van der Waals surface area contributed by atoms with Crippen molar-refractivity contribution in [1.82, 2.24) is 4.90 Å². The Hall–Kier alpha value is -0.590. The number of rotatable bonds is 1. The number of hydrogen-bond donors (Lipinski definition) is 0. The number of nitriles is 1. The van der Waals surface area contributed by atoms with Crippen LogP contribution in [0.3, 0.4) is 0 Å². The van der Waals surface area contributed by atoms with Gasteiger partial charge in [0, 0.05) is 12.6 Å². The van der Waals surface area contributed by atoms with E-state index in [1.54, 1.807) is 0 Å². The lowest BCUT2D eigenvalue weighted by Gasteiger charge is -2.51. The van der Waals surface area contributed by atoms with E-state index in [4.69, 9.17) is 4.74 Å². The number of likely N-dealkylation sites (tertiary alicyclic amines) is 1. The fourth-order valence-corrected chi connectivity index (χ4v) is 3.73. The van der Waals surface area contributed by atoms with E-state index in [2.05, 4.69) is 17.9 Å². The molecule has 3 heteroatoms. The van der Waals surface area contributed by atoms with Gasteiger partial charge < -0.3 is 9.64 Å². The number of nitrogens with zero attached hydrogens (tertiary/aromatic N) is 2. The molecule has 0 aromatic carbocycles. The second-order valence-electron chi connectivity index (χ2n) is 6.74. The molecule has 0 amide bonds.